The fraction of sp³-hybridized carbons (Fsp3) is 0.625. The van der Waals surface area contributed by atoms with Crippen molar-refractivity contribution in [2.24, 2.45) is 0 Å². The summed E-state index contributed by atoms with van der Waals surface area (Å²) in [6.45, 7) is 12.0. The maximum atomic E-state index is 13.5. The Balaban J connectivity index is 1.50. The molecule has 4 aliphatic rings. The summed E-state index contributed by atoms with van der Waals surface area (Å²) in [6.07, 6.45) is -1.26. The smallest absolute Gasteiger partial charge is 0.477 e. The highest BCUT2D eigenvalue weighted by molar-refractivity contribution is 5.85. The molecule has 240 valence electrons. The number of carbonyl (C=O) groups is 4. The number of piperidine rings is 1. The van der Waals surface area contributed by atoms with Gasteiger partial charge < -0.3 is 38.4 Å². The minimum Gasteiger partial charge on any atom is -0.477 e. The van der Waals surface area contributed by atoms with Crippen LogP contribution in [0.25, 0.3) is 0 Å². The number of ether oxygens (including phenoxy) is 6. The maximum absolute atomic E-state index is 13.5. The zero-order valence-electron chi connectivity index (χ0n) is 26.5. The van der Waals surface area contributed by atoms with E-state index < -0.39 is 64.9 Å². The van der Waals surface area contributed by atoms with Gasteiger partial charge in [0.2, 0.25) is 6.10 Å². The number of esters is 3. The van der Waals surface area contributed by atoms with Crippen LogP contribution in [0.5, 0.6) is 11.5 Å². The van der Waals surface area contributed by atoms with Gasteiger partial charge in [-0.05, 0) is 85.7 Å². The van der Waals surface area contributed by atoms with Gasteiger partial charge in [0.15, 0.2) is 17.6 Å². The normalized spacial score (nSPS) is 27.6. The summed E-state index contributed by atoms with van der Waals surface area (Å²) in [6, 6.07) is 3.24. The lowest BCUT2D eigenvalue weighted by molar-refractivity contribution is -0.178. The Kier molecular flexibility index (Phi) is 7.77. The van der Waals surface area contributed by atoms with Crippen molar-refractivity contribution in [2.45, 2.75) is 115 Å². The minimum atomic E-state index is -1.57. The van der Waals surface area contributed by atoms with Crippen LogP contribution in [-0.2, 0) is 45.2 Å². The summed E-state index contributed by atoms with van der Waals surface area (Å²) in [5, 5.41) is 12.4. The molecule has 12 nitrogen and oxygen atoms in total. The van der Waals surface area contributed by atoms with Crippen LogP contribution in [0.1, 0.15) is 78.9 Å². The largest absolute Gasteiger partial charge is 0.514 e. The first kappa shape index (κ1) is 31.8. The summed E-state index contributed by atoms with van der Waals surface area (Å²) in [7, 11) is 1.96. The van der Waals surface area contributed by atoms with Gasteiger partial charge in [-0.1, -0.05) is 6.07 Å². The Bertz CT molecular complexity index is 1420. The summed E-state index contributed by atoms with van der Waals surface area (Å²) < 4.78 is 33.8. The number of likely N-dealkylation sites (tertiary alicyclic amines) is 1. The van der Waals surface area contributed by atoms with E-state index in [-0.39, 0.29) is 29.7 Å². The Labute approximate surface area is 256 Å². The van der Waals surface area contributed by atoms with Gasteiger partial charge in [-0.25, -0.2) is 9.59 Å². The fourth-order valence-electron chi connectivity index (χ4n) is 6.96. The van der Waals surface area contributed by atoms with E-state index in [0.717, 1.165) is 12.5 Å². The zero-order chi connectivity index (χ0) is 32.4. The van der Waals surface area contributed by atoms with Crippen molar-refractivity contribution in [3.63, 3.8) is 0 Å². The van der Waals surface area contributed by atoms with Crippen LogP contribution in [0, 0.1) is 0 Å². The van der Waals surface area contributed by atoms with Gasteiger partial charge in [-0.3, -0.25) is 9.59 Å². The quantitative estimate of drug-likeness (QED) is 0.284. The Morgan fingerprint density at radius 3 is 2.39 bits per heavy atom. The maximum Gasteiger partial charge on any atom is 0.514 e. The van der Waals surface area contributed by atoms with E-state index in [4.69, 9.17) is 28.4 Å². The molecule has 0 radical (unpaired) electrons. The Morgan fingerprint density at radius 1 is 1.07 bits per heavy atom. The summed E-state index contributed by atoms with van der Waals surface area (Å²) in [5.41, 5.74) is -2.30. The van der Waals surface area contributed by atoms with Gasteiger partial charge >= 0.3 is 24.1 Å². The van der Waals surface area contributed by atoms with Crippen molar-refractivity contribution >= 4 is 24.1 Å². The van der Waals surface area contributed by atoms with Crippen LogP contribution >= 0.6 is 0 Å². The average molecular weight is 616 g/mol. The molecule has 5 atom stereocenters. The van der Waals surface area contributed by atoms with Crippen LogP contribution in [0.2, 0.25) is 0 Å². The second-order valence-corrected chi connectivity index (χ2v) is 14.0. The van der Waals surface area contributed by atoms with Crippen molar-refractivity contribution in [3.8, 4) is 11.5 Å². The molecule has 5 rings (SSSR count). The van der Waals surface area contributed by atoms with Crippen LogP contribution in [0.4, 0.5) is 4.79 Å². The van der Waals surface area contributed by atoms with E-state index in [9.17, 15) is 24.3 Å². The molecule has 1 aromatic rings. The second-order valence-electron chi connectivity index (χ2n) is 14.0. The predicted octanol–water partition coefficient (Wildman–Crippen LogP) is 3.48. The number of nitrogens with zero attached hydrogens (tertiary/aromatic N) is 1. The average Bonchev–Trinajstić information content (AvgIpc) is 3.22. The third kappa shape index (κ3) is 5.53. The molecular weight excluding hydrogens is 574 g/mol. The molecule has 0 amide bonds. The lowest BCUT2D eigenvalue weighted by Crippen LogP contribution is -2.74. The monoisotopic (exact) mass is 615 g/mol. The van der Waals surface area contributed by atoms with E-state index in [0.29, 0.717) is 24.9 Å². The van der Waals surface area contributed by atoms with E-state index in [1.807, 2.05) is 13.1 Å². The molecule has 1 unspecified atom stereocenters. The molecule has 1 aromatic carbocycles. The summed E-state index contributed by atoms with van der Waals surface area (Å²) in [5.74, 6) is -2.00. The number of benzene rings is 1. The van der Waals surface area contributed by atoms with E-state index in [1.54, 1.807) is 53.7 Å². The molecule has 2 aliphatic carbocycles. The second kappa shape index (κ2) is 10.8. The Hall–Kier alpha value is -3.64. The van der Waals surface area contributed by atoms with E-state index >= 15 is 0 Å². The van der Waals surface area contributed by atoms with Crippen molar-refractivity contribution in [1.82, 2.24) is 4.90 Å². The van der Waals surface area contributed by atoms with Crippen molar-refractivity contribution < 1.29 is 52.7 Å². The van der Waals surface area contributed by atoms with Gasteiger partial charge in [0.05, 0.1) is 17.4 Å². The lowest BCUT2D eigenvalue weighted by atomic mass is 9.50. The van der Waals surface area contributed by atoms with Crippen molar-refractivity contribution in [2.75, 3.05) is 13.6 Å². The SMILES string of the molecule is CC(=O)OC(CC(=O)OC(C)(C)C)C(=O)OC1=CC[C@@]2(O)[C@H]3Cc4ccc(OC(=O)OC(C)(C)C)c5c4[C@@]2(CCN3C)[C@H]1O5. The molecule has 12 heteroatoms. The fourth-order valence-corrected chi connectivity index (χ4v) is 6.96. The van der Waals surface area contributed by atoms with Crippen LogP contribution in [0.3, 0.4) is 0 Å². The molecule has 2 bridgehead atoms. The van der Waals surface area contributed by atoms with Crippen LogP contribution in [-0.4, -0.2) is 82.7 Å². The standard InChI is InChI=1S/C32H41NO11/c1-17(34)39-21(16-23(35)43-29(2,3)4)27(36)40-20-11-12-32(38)22-15-18-9-10-19(41-28(37)44-30(5,6)7)25-24(18)31(32,26(20)42-25)13-14-33(22)8/h9-11,21-22,26,38H,12-16H2,1-8H3/t21?,22-,26+,31+,32-/m1/s1. The molecule has 1 fully saturated rings. The number of hydrogen-bond donors (Lipinski definition) is 1. The third-order valence-electron chi connectivity index (χ3n) is 8.48. The molecule has 1 N–H and O–H groups in total. The topological polar surface area (TPSA) is 147 Å². The highest BCUT2D eigenvalue weighted by Gasteiger charge is 2.72. The Morgan fingerprint density at radius 2 is 1.75 bits per heavy atom. The summed E-state index contributed by atoms with van der Waals surface area (Å²) >= 11 is 0. The predicted molar refractivity (Wildman–Crippen MR) is 154 cm³/mol. The number of carbonyl (C=O) groups excluding carboxylic acids is 4. The number of hydrogen-bond acceptors (Lipinski definition) is 12. The molecule has 2 heterocycles. The molecule has 1 spiro atoms. The molecule has 2 aliphatic heterocycles. The van der Waals surface area contributed by atoms with Crippen LogP contribution < -0.4 is 9.47 Å². The minimum absolute atomic E-state index is 0.108. The highest BCUT2D eigenvalue weighted by Crippen LogP contribution is 2.65. The molecule has 44 heavy (non-hydrogen) atoms. The van der Waals surface area contributed by atoms with Gasteiger partial charge in [0.25, 0.3) is 0 Å². The number of likely N-dealkylation sites (N-methyl/N-ethyl adjacent to an activating group) is 1. The number of aliphatic hydroxyl groups is 1. The molecular formula is C32H41NO11. The van der Waals surface area contributed by atoms with E-state index in [1.165, 1.54) is 0 Å². The van der Waals surface area contributed by atoms with Crippen molar-refractivity contribution in [1.29, 1.82) is 0 Å². The first-order chi connectivity index (χ1) is 20.3. The third-order valence-corrected chi connectivity index (χ3v) is 8.48. The lowest BCUT2D eigenvalue weighted by Gasteiger charge is -2.61. The molecule has 0 saturated carbocycles. The summed E-state index contributed by atoms with van der Waals surface area (Å²) in [4.78, 5) is 52.6. The number of rotatable bonds is 6. The zero-order valence-corrected chi connectivity index (χ0v) is 26.5. The van der Waals surface area contributed by atoms with Crippen LogP contribution in [0.15, 0.2) is 24.0 Å². The van der Waals surface area contributed by atoms with Gasteiger partial charge in [0.1, 0.15) is 17.0 Å². The first-order valence-corrected chi connectivity index (χ1v) is 14.8. The first-order valence-electron chi connectivity index (χ1n) is 14.8. The molecule has 0 aromatic heterocycles. The molecule has 1 saturated heterocycles. The van der Waals surface area contributed by atoms with Gasteiger partial charge in [0, 0.05) is 24.9 Å². The van der Waals surface area contributed by atoms with Crippen molar-refractivity contribution in [3.05, 3.63) is 35.1 Å². The van der Waals surface area contributed by atoms with E-state index in [2.05, 4.69) is 4.90 Å². The van der Waals surface area contributed by atoms with Gasteiger partial charge in [-0.15, -0.1) is 0 Å². The van der Waals surface area contributed by atoms with Gasteiger partial charge in [-0.2, -0.15) is 0 Å². The highest BCUT2D eigenvalue weighted by atomic mass is 16.7.